The van der Waals surface area contributed by atoms with Crippen LogP contribution >= 0.6 is 0 Å². The number of benzene rings is 1. The summed E-state index contributed by atoms with van der Waals surface area (Å²) < 4.78 is 5.20. The first-order chi connectivity index (χ1) is 9.25. The van der Waals surface area contributed by atoms with Gasteiger partial charge in [0, 0.05) is 38.3 Å². The first-order valence-electron chi connectivity index (χ1n) is 5.93. The van der Waals surface area contributed by atoms with Crippen molar-refractivity contribution >= 4 is 11.8 Å². The fourth-order valence-corrected chi connectivity index (χ4v) is 2.00. The minimum Gasteiger partial charge on any atom is -0.592 e. The van der Waals surface area contributed by atoms with E-state index in [2.05, 4.69) is 24.8 Å². The van der Waals surface area contributed by atoms with Gasteiger partial charge in [-0.15, -0.1) is 6.07 Å². The van der Waals surface area contributed by atoms with Crippen LogP contribution in [0.2, 0.25) is 0 Å². The Bertz CT molecular complexity index is 644. The van der Waals surface area contributed by atoms with E-state index in [0.29, 0.717) is 0 Å². The summed E-state index contributed by atoms with van der Waals surface area (Å²) in [4.78, 5) is 0. The molecule has 3 nitrogen and oxygen atoms in total. The average molecular weight is 338 g/mol. The zero-order valence-corrected chi connectivity index (χ0v) is 13.8. The van der Waals surface area contributed by atoms with Gasteiger partial charge in [0.25, 0.3) is 0 Å². The number of hydrogen-bond donors (Lipinski definition) is 1. The van der Waals surface area contributed by atoms with Gasteiger partial charge < -0.3 is 4.42 Å². The second-order valence-corrected chi connectivity index (χ2v) is 4.22. The number of hydrazine groups is 1. The summed E-state index contributed by atoms with van der Waals surface area (Å²) in [5, 5.41) is 1.90. The van der Waals surface area contributed by atoms with Gasteiger partial charge in [0.15, 0.2) is 0 Å². The van der Waals surface area contributed by atoms with Crippen LogP contribution in [-0.2, 0) is 32.7 Å². The molecule has 97 valence electrons. The third kappa shape index (κ3) is 2.79. The molecule has 20 heavy (non-hydrogen) atoms. The van der Waals surface area contributed by atoms with E-state index in [1.165, 1.54) is 0 Å². The van der Waals surface area contributed by atoms with E-state index in [1.807, 2.05) is 47.5 Å². The van der Waals surface area contributed by atoms with Crippen molar-refractivity contribution in [1.82, 2.24) is 5.43 Å². The molecule has 0 aliphatic carbocycles. The van der Waals surface area contributed by atoms with E-state index in [-0.39, 0.29) is 32.7 Å². The maximum atomic E-state index is 5.20. The van der Waals surface area contributed by atoms with Gasteiger partial charge in [-0.2, -0.15) is 6.07 Å². The van der Waals surface area contributed by atoms with E-state index >= 15 is 0 Å². The van der Waals surface area contributed by atoms with Crippen LogP contribution in [0.15, 0.2) is 77.0 Å². The predicted molar refractivity (Wildman–Crippen MR) is 75.9 cm³/mol. The van der Waals surface area contributed by atoms with Crippen molar-refractivity contribution in [3.63, 3.8) is 0 Å². The minimum absolute atomic E-state index is 0. The molecular weight excluding hydrogens is 325 g/mol. The van der Waals surface area contributed by atoms with Crippen molar-refractivity contribution in [2.45, 2.75) is 0 Å². The number of hydrogen-bond acceptors (Lipinski definition) is 3. The van der Waals surface area contributed by atoms with Gasteiger partial charge in [0.05, 0.1) is 17.1 Å². The van der Waals surface area contributed by atoms with Crippen LogP contribution in [0.4, 0.5) is 5.69 Å². The summed E-state index contributed by atoms with van der Waals surface area (Å²) in [6, 6.07) is 13.5. The number of nitrogens with zero attached hydrogens (tertiary/aromatic N) is 1. The van der Waals surface area contributed by atoms with Crippen molar-refractivity contribution < 1.29 is 37.1 Å². The Hall–Kier alpha value is -1.58. The number of nitrogens with one attached hydrogen (secondary N) is 1. The van der Waals surface area contributed by atoms with E-state index < -0.39 is 0 Å². The average Bonchev–Trinajstić information content (AvgIpc) is 3.03. The smallest absolute Gasteiger partial charge is 0.0642 e. The normalized spacial score (nSPS) is 16.2. The molecular formula is C16H13N2OY-. The van der Waals surface area contributed by atoms with Crippen LogP contribution in [-0.4, -0.2) is 0 Å². The Balaban J connectivity index is 0.00000147. The Morgan fingerprint density at radius 2 is 1.90 bits per heavy atom. The van der Waals surface area contributed by atoms with Gasteiger partial charge in [-0.25, -0.2) is 0 Å². The van der Waals surface area contributed by atoms with Crippen LogP contribution in [0.1, 0.15) is 5.76 Å². The molecule has 1 N–H and O–H groups in total. The predicted octanol–water partition coefficient (Wildman–Crippen LogP) is 3.51. The molecule has 2 aromatic rings. The van der Waals surface area contributed by atoms with Crippen LogP contribution < -0.4 is 10.4 Å². The quantitative estimate of drug-likeness (QED) is 0.850. The van der Waals surface area contributed by atoms with E-state index in [9.17, 15) is 0 Å². The summed E-state index contributed by atoms with van der Waals surface area (Å²) in [6.07, 6.45) is 4.56. The molecule has 0 saturated carbocycles. The number of para-hydroxylation sites is 1. The number of rotatable bonds is 2. The number of furan rings is 1. The zero-order valence-electron chi connectivity index (χ0n) is 11.0. The monoisotopic (exact) mass is 338 g/mol. The molecule has 0 atom stereocenters. The van der Waals surface area contributed by atoms with Crippen molar-refractivity contribution in [3.8, 4) is 0 Å². The van der Waals surface area contributed by atoms with Crippen LogP contribution in [0.3, 0.4) is 0 Å². The molecule has 1 radical (unpaired) electrons. The van der Waals surface area contributed by atoms with E-state index in [1.54, 1.807) is 6.07 Å². The standard InChI is InChI=1S/C16H13N2O.Y/c1-12-16(11-15-9-6-10-19-15)13(2)18(17-12)14-7-4-3-5-8-14;/h3-9,11,17H,1-2H2;/q-1;/b16-11-;. The van der Waals surface area contributed by atoms with Crippen LogP contribution in [0, 0.1) is 6.26 Å². The molecule has 1 aromatic carbocycles. The molecule has 0 unspecified atom stereocenters. The Labute approximate surface area is 143 Å². The first-order valence-corrected chi connectivity index (χ1v) is 5.93. The zero-order chi connectivity index (χ0) is 13.2. The third-order valence-corrected chi connectivity index (χ3v) is 2.95. The van der Waals surface area contributed by atoms with Crippen LogP contribution in [0.25, 0.3) is 6.08 Å². The van der Waals surface area contributed by atoms with Gasteiger partial charge in [-0.3, -0.25) is 10.4 Å². The van der Waals surface area contributed by atoms with E-state index in [0.717, 1.165) is 28.4 Å². The fourth-order valence-electron chi connectivity index (χ4n) is 2.00. The number of anilines is 1. The molecule has 0 amide bonds. The van der Waals surface area contributed by atoms with Gasteiger partial charge in [0.1, 0.15) is 0 Å². The maximum Gasteiger partial charge on any atom is 0.0642 e. The fraction of sp³-hybridized carbons (Fsp3) is 0. The third-order valence-electron chi connectivity index (χ3n) is 2.95. The molecule has 1 aliphatic rings. The molecule has 3 rings (SSSR count). The molecule has 1 aromatic heterocycles. The largest absolute Gasteiger partial charge is 0.592 e. The van der Waals surface area contributed by atoms with Crippen molar-refractivity contribution in [3.05, 3.63) is 84.6 Å². The van der Waals surface area contributed by atoms with E-state index in [4.69, 9.17) is 4.42 Å². The molecule has 4 heteroatoms. The first kappa shape index (κ1) is 14.8. The maximum absolute atomic E-state index is 5.20. The van der Waals surface area contributed by atoms with Gasteiger partial charge in [0.2, 0.25) is 0 Å². The van der Waals surface area contributed by atoms with Gasteiger partial charge in [-0.05, 0) is 24.2 Å². The van der Waals surface area contributed by atoms with Crippen LogP contribution in [0.5, 0.6) is 0 Å². The molecule has 0 spiro atoms. The van der Waals surface area contributed by atoms with Crippen molar-refractivity contribution in [1.29, 1.82) is 0 Å². The minimum atomic E-state index is 0. The summed E-state index contributed by atoms with van der Waals surface area (Å²) in [5.74, 6) is 0.731. The molecule has 2 heterocycles. The molecule has 1 fully saturated rings. The summed E-state index contributed by atoms with van der Waals surface area (Å²) in [6.45, 7) is 8.12. The molecule has 1 saturated heterocycles. The second-order valence-electron chi connectivity index (χ2n) is 4.22. The Kier molecular flexibility index (Phi) is 4.63. The molecule has 0 bridgehead atoms. The van der Waals surface area contributed by atoms with Crippen molar-refractivity contribution in [2.24, 2.45) is 0 Å². The van der Waals surface area contributed by atoms with Gasteiger partial charge >= 0.3 is 0 Å². The Morgan fingerprint density at radius 1 is 1.15 bits per heavy atom. The van der Waals surface area contributed by atoms with Crippen molar-refractivity contribution in [2.75, 3.05) is 5.01 Å². The summed E-state index contributed by atoms with van der Waals surface area (Å²) in [7, 11) is 0. The molecule has 1 aliphatic heterocycles. The SMILES string of the molecule is C=C1NN(c2ccccc2)C(=C)/C1=C\c1cc[c-]o1.[Y]. The summed E-state index contributed by atoms with van der Waals surface area (Å²) >= 11 is 0. The topological polar surface area (TPSA) is 28.4 Å². The second kappa shape index (κ2) is 6.25. The Morgan fingerprint density at radius 3 is 2.55 bits per heavy atom. The van der Waals surface area contributed by atoms with Gasteiger partial charge in [-0.1, -0.05) is 37.4 Å². The summed E-state index contributed by atoms with van der Waals surface area (Å²) in [5.41, 5.74) is 6.78.